The van der Waals surface area contributed by atoms with Crippen LogP contribution in [0.25, 0.3) is 0 Å². The zero-order chi connectivity index (χ0) is 22.1. The summed E-state index contributed by atoms with van der Waals surface area (Å²) >= 11 is 0. The first-order valence-corrected chi connectivity index (χ1v) is 12.8. The Balaban J connectivity index is 1.24. The molecule has 1 aliphatic heterocycles. The summed E-state index contributed by atoms with van der Waals surface area (Å²) in [6, 6.07) is 6.76. The van der Waals surface area contributed by atoms with Gasteiger partial charge in [-0.2, -0.15) is 0 Å². The fourth-order valence-electron chi connectivity index (χ4n) is 8.88. The van der Waals surface area contributed by atoms with Gasteiger partial charge in [-0.25, -0.2) is 5.06 Å². The van der Waals surface area contributed by atoms with Crippen molar-refractivity contribution < 1.29 is 9.76 Å². The van der Waals surface area contributed by atoms with Gasteiger partial charge in [-0.05, 0) is 97.2 Å². The molecule has 1 aromatic rings. The van der Waals surface area contributed by atoms with Crippen molar-refractivity contribution in [1.82, 2.24) is 0 Å². The van der Waals surface area contributed by atoms with Crippen molar-refractivity contribution >= 4 is 11.4 Å². The van der Waals surface area contributed by atoms with Crippen LogP contribution in [0.2, 0.25) is 0 Å². The van der Waals surface area contributed by atoms with Crippen molar-refractivity contribution in [2.45, 2.75) is 77.7 Å². The van der Waals surface area contributed by atoms with E-state index >= 15 is 0 Å². The van der Waals surface area contributed by atoms with Crippen molar-refractivity contribution in [2.24, 2.45) is 34.5 Å². The highest BCUT2D eigenvalue weighted by molar-refractivity contribution is 5.50. The quantitative estimate of drug-likeness (QED) is 0.295. The summed E-state index contributed by atoms with van der Waals surface area (Å²) in [6.45, 7) is 5.89. The van der Waals surface area contributed by atoms with E-state index in [1.54, 1.807) is 12.1 Å². The summed E-state index contributed by atoms with van der Waals surface area (Å²) in [5.41, 5.74) is 3.41. The van der Waals surface area contributed by atoms with E-state index in [-0.39, 0.29) is 22.1 Å². The molecule has 0 spiro atoms. The van der Waals surface area contributed by atoms with Crippen molar-refractivity contribution in [1.29, 1.82) is 0 Å². The van der Waals surface area contributed by atoms with E-state index in [1.165, 1.54) is 56.9 Å². The second kappa shape index (κ2) is 7.31. The number of non-ortho nitro benzene ring substituents is 1. The Hall–Kier alpha value is -1.88. The summed E-state index contributed by atoms with van der Waals surface area (Å²) < 4.78 is 0. The van der Waals surface area contributed by atoms with Crippen LogP contribution in [0.4, 0.5) is 11.4 Å². The lowest BCUT2D eigenvalue weighted by Crippen LogP contribution is -2.52. The van der Waals surface area contributed by atoms with Crippen molar-refractivity contribution in [3.05, 3.63) is 46.0 Å². The third-order valence-electron chi connectivity index (χ3n) is 10.5. The lowest BCUT2D eigenvalue weighted by atomic mass is 9.45. The number of hydrogen-bond acceptors (Lipinski definition) is 4. The Morgan fingerprint density at radius 2 is 1.84 bits per heavy atom. The fraction of sp³-hybridized carbons (Fsp3) is 0.704. The van der Waals surface area contributed by atoms with Gasteiger partial charge < -0.3 is 0 Å². The Morgan fingerprint density at radius 1 is 1.03 bits per heavy atom. The highest BCUT2D eigenvalue weighted by Gasteiger charge is 2.61. The first-order chi connectivity index (χ1) is 15.4. The number of benzene rings is 1. The van der Waals surface area contributed by atoms with Crippen molar-refractivity contribution in [3.63, 3.8) is 0 Å². The van der Waals surface area contributed by atoms with Gasteiger partial charge in [0.05, 0.1) is 17.2 Å². The molecular weight excluding hydrogens is 400 g/mol. The maximum absolute atomic E-state index is 11.0. The molecule has 32 heavy (non-hydrogen) atoms. The van der Waals surface area contributed by atoms with Gasteiger partial charge in [-0.1, -0.05) is 32.8 Å². The molecule has 0 bridgehead atoms. The normalized spacial score (nSPS) is 42.9. The number of nitro groups is 1. The maximum atomic E-state index is 11.0. The molecule has 0 N–H and O–H groups in total. The van der Waals surface area contributed by atoms with E-state index in [2.05, 4.69) is 19.9 Å². The number of fused-ring (bicyclic) bond motifs is 7. The molecule has 5 aliphatic rings. The van der Waals surface area contributed by atoms with Gasteiger partial charge in [-0.15, -0.1) is 0 Å². The second-order valence-electron chi connectivity index (χ2n) is 11.7. The second-order valence-corrected chi connectivity index (χ2v) is 11.7. The number of nitro benzene ring substituents is 1. The highest BCUT2D eigenvalue weighted by Crippen LogP contribution is 2.67. The van der Waals surface area contributed by atoms with E-state index < -0.39 is 0 Å². The molecule has 5 nitrogen and oxygen atoms in total. The minimum absolute atomic E-state index is 0.124. The molecule has 7 atom stereocenters. The molecule has 5 heteroatoms. The first kappa shape index (κ1) is 20.7. The molecule has 1 heterocycles. The van der Waals surface area contributed by atoms with Gasteiger partial charge in [0.2, 0.25) is 0 Å². The first-order valence-electron chi connectivity index (χ1n) is 12.8. The standard InChI is InChI=1S/C27H36N2O3/c1-26-14-4-3-5-18(26)6-11-21-22(26)12-15-27(2)23-13-16-28(32-25(23)17-24(21)27)19-7-9-20(10-8-19)29(30)31/h7-10,13,18,21-22,24-25H,3-6,11-12,14-17H2,1-2H3/t18-,21-,22+,24+,25-,26+,27-/m1/s1. The van der Waals surface area contributed by atoms with Crippen LogP contribution < -0.4 is 5.06 Å². The molecule has 1 aromatic carbocycles. The van der Waals surface area contributed by atoms with Gasteiger partial charge in [0.1, 0.15) is 6.10 Å². The lowest BCUT2D eigenvalue weighted by molar-refractivity contribution is -0.384. The average Bonchev–Trinajstić information content (AvgIpc) is 3.10. The van der Waals surface area contributed by atoms with E-state index in [9.17, 15) is 10.1 Å². The van der Waals surface area contributed by atoms with Gasteiger partial charge in [0.15, 0.2) is 0 Å². The average molecular weight is 437 g/mol. The number of anilines is 1. The van der Waals surface area contributed by atoms with Gasteiger partial charge in [-0.3, -0.25) is 15.0 Å². The van der Waals surface area contributed by atoms with E-state index in [0.29, 0.717) is 5.41 Å². The highest BCUT2D eigenvalue weighted by atomic mass is 16.7. The number of rotatable bonds is 2. The predicted octanol–water partition coefficient (Wildman–Crippen LogP) is 6.68. The molecule has 0 saturated heterocycles. The molecular formula is C27H36N2O3. The van der Waals surface area contributed by atoms with Crippen LogP contribution in [0, 0.1) is 44.6 Å². The van der Waals surface area contributed by atoms with E-state index in [0.717, 1.165) is 42.3 Å². The Morgan fingerprint density at radius 3 is 2.62 bits per heavy atom. The van der Waals surface area contributed by atoms with Gasteiger partial charge in [0.25, 0.3) is 5.69 Å². The fourth-order valence-corrected chi connectivity index (χ4v) is 8.88. The lowest BCUT2D eigenvalue weighted by Gasteiger charge is -2.60. The predicted molar refractivity (Wildman–Crippen MR) is 125 cm³/mol. The third-order valence-corrected chi connectivity index (χ3v) is 10.5. The molecule has 0 unspecified atom stereocenters. The third kappa shape index (κ3) is 2.92. The van der Waals surface area contributed by atoms with Crippen LogP contribution in [0.3, 0.4) is 0 Å². The van der Waals surface area contributed by atoms with Crippen LogP contribution in [-0.2, 0) is 4.84 Å². The monoisotopic (exact) mass is 436 g/mol. The minimum Gasteiger partial charge on any atom is -0.265 e. The smallest absolute Gasteiger partial charge is 0.265 e. The summed E-state index contributed by atoms with van der Waals surface area (Å²) in [6.07, 6.45) is 15.0. The molecule has 0 radical (unpaired) electrons. The summed E-state index contributed by atoms with van der Waals surface area (Å²) in [5, 5.41) is 12.9. The van der Waals surface area contributed by atoms with Crippen molar-refractivity contribution in [3.8, 4) is 0 Å². The molecule has 4 aliphatic carbocycles. The Bertz CT molecular complexity index is 943. The van der Waals surface area contributed by atoms with Crippen LogP contribution >= 0.6 is 0 Å². The number of hydrogen-bond donors (Lipinski definition) is 0. The molecule has 0 aromatic heterocycles. The van der Waals surface area contributed by atoms with Gasteiger partial charge >= 0.3 is 0 Å². The molecule has 6 rings (SSSR count). The van der Waals surface area contributed by atoms with Crippen LogP contribution in [0.1, 0.15) is 71.6 Å². The summed E-state index contributed by atoms with van der Waals surface area (Å²) in [7, 11) is 0. The van der Waals surface area contributed by atoms with Gasteiger partial charge in [0, 0.05) is 12.1 Å². The topological polar surface area (TPSA) is 55.6 Å². The Kier molecular flexibility index (Phi) is 4.73. The summed E-state index contributed by atoms with van der Waals surface area (Å²) in [4.78, 5) is 17.2. The molecule has 172 valence electrons. The van der Waals surface area contributed by atoms with E-state index in [1.807, 2.05) is 17.2 Å². The van der Waals surface area contributed by atoms with E-state index in [4.69, 9.17) is 4.84 Å². The molecule has 4 saturated carbocycles. The molecule has 4 fully saturated rings. The largest absolute Gasteiger partial charge is 0.269 e. The Labute approximate surface area is 191 Å². The number of nitrogens with zero attached hydrogens (tertiary/aromatic N) is 2. The SMILES string of the molecule is C[C@]12CCCC[C@@H]1CC[C@@H]1[C@@H]2CC[C@]2(C)C3=CCN(c4ccc([N+](=O)[O-])cc4)O[C@@H]3C[C@@H]12. The zero-order valence-electron chi connectivity index (χ0n) is 19.5. The number of hydroxylamine groups is 1. The summed E-state index contributed by atoms with van der Waals surface area (Å²) in [5.74, 6) is 3.43. The van der Waals surface area contributed by atoms with Crippen LogP contribution in [0.15, 0.2) is 35.9 Å². The maximum Gasteiger partial charge on any atom is 0.269 e. The molecule has 0 amide bonds. The van der Waals surface area contributed by atoms with Crippen LogP contribution in [-0.4, -0.2) is 17.6 Å². The minimum atomic E-state index is -0.348. The zero-order valence-corrected chi connectivity index (χ0v) is 19.5. The van der Waals surface area contributed by atoms with Crippen LogP contribution in [0.5, 0.6) is 0 Å². The van der Waals surface area contributed by atoms with Crippen molar-refractivity contribution in [2.75, 3.05) is 11.6 Å².